The van der Waals surface area contributed by atoms with Crippen LogP contribution in [0.4, 0.5) is 4.39 Å². The van der Waals surface area contributed by atoms with E-state index in [9.17, 15) is 14.3 Å². The van der Waals surface area contributed by atoms with Crippen molar-refractivity contribution in [1.82, 2.24) is 5.32 Å². The van der Waals surface area contributed by atoms with Crippen LogP contribution in [0.1, 0.15) is 12.5 Å². The molecule has 0 bridgehead atoms. The summed E-state index contributed by atoms with van der Waals surface area (Å²) in [5.74, 6) is -0.382. The third kappa shape index (κ3) is 3.31. The number of carbonyl (C=O) groups excluding carboxylic acids is 1. The maximum atomic E-state index is 13.9. The minimum atomic E-state index is -0.362. The first-order valence-electron chi connectivity index (χ1n) is 5.88. The number of halogens is 1. The molecule has 0 aliphatic heterocycles. The molecule has 2 aromatic rings. The predicted molar refractivity (Wildman–Crippen MR) is 71.0 cm³/mol. The maximum Gasteiger partial charge on any atom is 0.217 e. The van der Waals surface area contributed by atoms with Crippen LogP contribution in [0.2, 0.25) is 0 Å². The van der Waals surface area contributed by atoms with Gasteiger partial charge in [0.05, 0.1) is 0 Å². The van der Waals surface area contributed by atoms with Crippen molar-refractivity contribution in [2.45, 2.75) is 13.5 Å². The van der Waals surface area contributed by atoms with E-state index in [0.717, 1.165) is 11.1 Å². The number of rotatable bonds is 3. The fourth-order valence-electron chi connectivity index (χ4n) is 1.74. The summed E-state index contributed by atoms with van der Waals surface area (Å²) < 4.78 is 13.9. The Labute approximate surface area is 110 Å². The molecular formula is C15H14FNO2. The first kappa shape index (κ1) is 13.1. The zero-order valence-corrected chi connectivity index (χ0v) is 10.5. The van der Waals surface area contributed by atoms with Gasteiger partial charge in [0, 0.05) is 19.0 Å². The third-order valence-corrected chi connectivity index (χ3v) is 2.78. The molecule has 0 heterocycles. The number of phenolic OH excluding ortho intramolecular Hbond substituents is 1. The molecule has 3 nitrogen and oxygen atoms in total. The highest BCUT2D eigenvalue weighted by Crippen LogP contribution is 2.23. The molecule has 0 atom stereocenters. The molecule has 2 aromatic carbocycles. The molecule has 1 amide bonds. The van der Waals surface area contributed by atoms with Crippen LogP contribution in [-0.2, 0) is 11.3 Å². The Balaban J connectivity index is 2.23. The number of carbonyl (C=O) groups is 1. The second kappa shape index (κ2) is 5.52. The van der Waals surface area contributed by atoms with E-state index in [1.165, 1.54) is 13.0 Å². The Morgan fingerprint density at radius 3 is 2.37 bits per heavy atom. The molecule has 0 unspecified atom stereocenters. The van der Waals surface area contributed by atoms with Crippen LogP contribution >= 0.6 is 0 Å². The van der Waals surface area contributed by atoms with Crippen molar-refractivity contribution in [3.8, 4) is 16.9 Å². The van der Waals surface area contributed by atoms with Crippen LogP contribution in [0, 0.1) is 5.82 Å². The normalized spacial score (nSPS) is 10.2. The molecule has 0 aromatic heterocycles. The number of hydrogen-bond donors (Lipinski definition) is 2. The van der Waals surface area contributed by atoms with Gasteiger partial charge in [-0.05, 0) is 29.3 Å². The molecule has 2 rings (SSSR count). The van der Waals surface area contributed by atoms with Crippen molar-refractivity contribution >= 4 is 5.91 Å². The molecule has 0 radical (unpaired) electrons. The molecule has 0 saturated carbocycles. The van der Waals surface area contributed by atoms with Crippen molar-refractivity contribution in [2.75, 3.05) is 0 Å². The first-order valence-corrected chi connectivity index (χ1v) is 5.88. The predicted octanol–water partition coefficient (Wildman–Crippen LogP) is 2.83. The van der Waals surface area contributed by atoms with Crippen molar-refractivity contribution in [3.63, 3.8) is 0 Å². The Morgan fingerprint density at radius 1 is 1.16 bits per heavy atom. The minimum Gasteiger partial charge on any atom is -0.508 e. The van der Waals surface area contributed by atoms with E-state index in [0.29, 0.717) is 5.56 Å². The molecule has 0 fully saturated rings. The van der Waals surface area contributed by atoms with Crippen LogP contribution in [-0.4, -0.2) is 11.0 Å². The standard InChI is InChI=1S/C15H14FNO2/c1-10(18)17-9-13-3-2-12(8-15(13)16)11-4-6-14(19)7-5-11/h2-8,19H,9H2,1H3,(H,17,18). The number of nitrogens with one attached hydrogen (secondary N) is 1. The Hall–Kier alpha value is -2.36. The Bertz CT molecular complexity index is 594. The number of phenols is 1. The first-order chi connectivity index (χ1) is 9.06. The van der Waals surface area contributed by atoms with Crippen molar-refractivity contribution in [3.05, 3.63) is 53.8 Å². The SMILES string of the molecule is CC(=O)NCc1ccc(-c2ccc(O)cc2)cc1F. The van der Waals surface area contributed by atoms with Gasteiger partial charge in [0.1, 0.15) is 11.6 Å². The van der Waals surface area contributed by atoms with Crippen LogP contribution in [0.25, 0.3) is 11.1 Å². The summed E-state index contributed by atoms with van der Waals surface area (Å²) in [6, 6.07) is 11.4. The van der Waals surface area contributed by atoms with E-state index in [4.69, 9.17) is 0 Å². The summed E-state index contributed by atoms with van der Waals surface area (Å²) in [4.78, 5) is 10.8. The van der Waals surface area contributed by atoms with E-state index in [-0.39, 0.29) is 24.0 Å². The number of amides is 1. The van der Waals surface area contributed by atoms with Gasteiger partial charge in [0.2, 0.25) is 5.91 Å². The van der Waals surface area contributed by atoms with Gasteiger partial charge in [-0.25, -0.2) is 4.39 Å². The van der Waals surface area contributed by atoms with Gasteiger partial charge in [0.25, 0.3) is 0 Å². The number of aromatic hydroxyl groups is 1. The van der Waals surface area contributed by atoms with Gasteiger partial charge in [-0.2, -0.15) is 0 Å². The lowest BCUT2D eigenvalue weighted by molar-refractivity contribution is -0.119. The minimum absolute atomic E-state index is 0.173. The van der Waals surface area contributed by atoms with Gasteiger partial charge >= 0.3 is 0 Å². The van der Waals surface area contributed by atoms with E-state index in [2.05, 4.69) is 5.32 Å². The lowest BCUT2D eigenvalue weighted by Crippen LogP contribution is -2.19. The van der Waals surface area contributed by atoms with Gasteiger partial charge in [-0.1, -0.05) is 24.3 Å². The number of hydrogen-bond acceptors (Lipinski definition) is 2. The average molecular weight is 259 g/mol. The Kier molecular flexibility index (Phi) is 3.80. The van der Waals surface area contributed by atoms with Gasteiger partial charge in [-0.3, -0.25) is 4.79 Å². The summed E-state index contributed by atoms with van der Waals surface area (Å²) in [6.45, 7) is 1.57. The van der Waals surface area contributed by atoms with Gasteiger partial charge in [0.15, 0.2) is 0 Å². The summed E-state index contributed by atoms with van der Waals surface area (Å²) in [6.07, 6.45) is 0. The number of benzene rings is 2. The molecule has 98 valence electrons. The molecule has 0 saturated heterocycles. The molecule has 0 aliphatic rings. The zero-order chi connectivity index (χ0) is 13.8. The molecule has 4 heteroatoms. The monoisotopic (exact) mass is 259 g/mol. The van der Waals surface area contributed by atoms with Crippen molar-refractivity contribution in [1.29, 1.82) is 0 Å². The van der Waals surface area contributed by atoms with E-state index < -0.39 is 0 Å². The molecule has 0 spiro atoms. The highest BCUT2D eigenvalue weighted by atomic mass is 19.1. The van der Waals surface area contributed by atoms with Gasteiger partial charge < -0.3 is 10.4 Å². The highest BCUT2D eigenvalue weighted by molar-refractivity contribution is 5.72. The fraction of sp³-hybridized carbons (Fsp3) is 0.133. The third-order valence-electron chi connectivity index (χ3n) is 2.78. The topological polar surface area (TPSA) is 49.3 Å². The lowest BCUT2D eigenvalue weighted by atomic mass is 10.0. The summed E-state index contributed by atoms with van der Waals surface area (Å²) in [7, 11) is 0. The van der Waals surface area contributed by atoms with Crippen LogP contribution in [0.3, 0.4) is 0 Å². The quantitative estimate of drug-likeness (QED) is 0.890. The summed E-state index contributed by atoms with van der Waals surface area (Å²) in [5.41, 5.74) is 1.99. The largest absolute Gasteiger partial charge is 0.508 e. The summed E-state index contributed by atoms with van der Waals surface area (Å²) in [5, 5.41) is 11.8. The molecule has 19 heavy (non-hydrogen) atoms. The van der Waals surface area contributed by atoms with E-state index >= 15 is 0 Å². The maximum absolute atomic E-state index is 13.9. The summed E-state index contributed by atoms with van der Waals surface area (Å²) >= 11 is 0. The highest BCUT2D eigenvalue weighted by Gasteiger charge is 2.05. The fourth-order valence-corrected chi connectivity index (χ4v) is 1.74. The molecule has 0 aliphatic carbocycles. The van der Waals surface area contributed by atoms with E-state index in [1.807, 2.05) is 0 Å². The average Bonchev–Trinajstić information content (AvgIpc) is 2.38. The van der Waals surface area contributed by atoms with Crippen LogP contribution < -0.4 is 5.32 Å². The van der Waals surface area contributed by atoms with Crippen LogP contribution in [0.15, 0.2) is 42.5 Å². The smallest absolute Gasteiger partial charge is 0.217 e. The van der Waals surface area contributed by atoms with Gasteiger partial charge in [-0.15, -0.1) is 0 Å². The zero-order valence-electron chi connectivity index (χ0n) is 10.5. The molecule has 2 N–H and O–H groups in total. The van der Waals surface area contributed by atoms with Crippen molar-refractivity contribution in [2.24, 2.45) is 0 Å². The Morgan fingerprint density at radius 2 is 1.79 bits per heavy atom. The second-order valence-corrected chi connectivity index (χ2v) is 4.26. The second-order valence-electron chi connectivity index (χ2n) is 4.26. The van der Waals surface area contributed by atoms with Crippen LogP contribution in [0.5, 0.6) is 5.75 Å². The lowest BCUT2D eigenvalue weighted by Gasteiger charge is -2.07. The van der Waals surface area contributed by atoms with E-state index in [1.54, 1.807) is 36.4 Å². The molecular weight excluding hydrogens is 245 g/mol. The van der Waals surface area contributed by atoms with Crippen molar-refractivity contribution < 1.29 is 14.3 Å².